The van der Waals surface area contributed by atoms with E-state index in [-0.39, 0.29) is 18.8 Å². The van der Waals surface area contributed by atoms with Crippen LogP contribution in [0.4, 0.5) is 18.9 Å². The fraction of sp³-hybridized carbons (Fsp3) is 0.526. The molecule has 3 nitrogen and oxygen atoms in total. The van der Waals surface area contributed by atoms with Crippen LogP contribution in [0.5, 0.6) is 5.88 Å². The number of nitrogens with one attached hydrogen (secondary N) is 1. The maximum atomic E-state index is 12.7. The Kier molecular flexibility index (Phi) is 6.74. The number of hydrogen-bond donors (Lipinski definition) is 1. The average Bonchev–Trinajstić information content (AvgIpc) is 2.60. The summed E-state index contributed by atoms with van der Waals surface area (Å²) in [5.74, 6) is 5.22. The van der Waals surface area contributed by atoms with Crippen LogP contribution in [-0.4, -0.2) is 24.8 Å². The molecule has 0 bridgehead atoms. The Morgan fingerprint density at radius 3 is 2.64 bits per heavy atom. The SMILES string of the molecule is CC#CCNc1cnc(OC)c(/C=C/C2CCC(C(F)(F)F)CC2)c1. The van der Waals surface area contributed by atoms with Gasteiger partial charge in [-0.2, -0.15) is 13.2 Å². The van der Waals surface area contributed by atoms with Crippen LogP contribution in [0.15, 0.2) is 18.3 Å². The maximum absolute atomic E-state index is 12.7. The third-order valence-electron chi connectivity index (χ3n) is 4.41. The number of nitrogens with zero attached hydrogens (tertiary/aromatic N) is 1. The predicted molar refractivity (Wildman–Crippen MR) is 93.3 cm³/mol. The number of allylic oxidation sites excluding steroid dienone is 1. The second-order valence-corrected chi connectivity index (χ2v) is 6.12. The second-order valence-electron chi connectivity index (χ2n) is 6.12. The van der Waals surface area contributed by atoms with Crippen molar-refractivity contribution in [1.29, 1.82) is 0 Å². The fourth-order valence-electron chi connectivity index (χ4n) is 2.97. The van der Waals surface area contributed by atoms with E-state index < -0.39 is 12.1 Å². The highest BCUT2D eigenvalue weighted by molar-refractivity contribution is 5.61. The van der Waals surface area contributed by atoms with Gasteiger partial charge in [0.2, 0.25) is 5.88 Å². The van der Waals surface area contributed by atoms with E-state index in [0.29, 0.717) is 25.3 Å². The van der Waals surface area contributed by atoms with Crippen molar-refractivity contribution in [3.63, 3.8) is 0 Å². The molecule has 0 amide bonds. The Labute approximate surface area is 146 Å². The number of anilines is 1. The molecule has 1 saturated carbocycles. The summed E-state index contributed by atoms with van der Waals surface area (Å²) in [4.78, 5) is 4.25. The van der Waals surface area contributed by atoms with E-state index in [9.17, 15) is 13.2 Å². The Morgan fingerprint density at radius 1 is 1.32 bits per heavy atom. The van der Waals surface area contributed by atoms with Crippen LogP contribution in [0.25, 0.3) is 6.08 Å². The smallest absolute Gasteiger partial charge is 0.391 e. The lowest BCUT2D eigenvalue weighted by Crippen LogP contribution is -2.27. The van der Waals surface area contributed by atoms with Crippen molar-refractivity contribution in [2.75, 3.05) is 19.0 Å². The lowest BCUT2D eigenvalue weighted by atomic mass is 9.81. The van der Waals surface area contributed by atoms with Crippen LogP contribution in [0.1, 0.15) is 38.2 Å². The van der Waals surface area contributed by atoms with Gasteiger partial charge in [0.15, 0.2) is 0 Å². The summed E-state index contributed by atoms with van der Waals surface area (Å²) in [6, 6.07) is 1.90. The molecule has 0 radical (unpaired) electrons. The second kappa shape index (κ2) is 8.80. The standard InChI is InChI=1S/C19H23F3N2O/c1-3-4-11-23-17-12-15(18(25-2)24-13-17)8-5-14-6-9-16(10-7-14)19(20,21)22/h5,8,12-14,16,23H,6-7,9-11H2,1-2H3/b8-5+. The largest absolute Gasteiger partial charge is 0.481 e. The van der Waals surface area contributed by atoms with Crippen molar-refractivity contribution in [2.45, 2.75) is 38.8 Å². The predicted octanol–water partition coefficient (Wildman–Crippen LogP) is 4.91. The number of halogens is 3. The summed E-state index contributed by atoms with van der Waals surface area (Å²) in [5.41, 5.74) is 1.62. The zero-order valence-corrected chi connectivity index (χ0v) is 14.5. The topological polar surface area (TPSA) is 34.2 Å². The summed E-state index contributed by atoms with van der Waals surface area (Å²) in [7, 11) is 1.55. The Morgan fingerprint density at radius 2 is 2.04 bits per heavy atom. The molecule has 0 saturated heterocycles. The lowest BCUT2D eigenvalue weighted by molar-refractivity contribution is -0.183. The normalized spacial score (nSPS) is 20.8. The van der Waals surface area contributed by atoms with E-state index in [1.54, 1.807) is 20.2 Å². The first-order valence-corrected chi connectivity index (χ1v) is 8.36. The van der Waals surface area contributed by atoms with Gasteiger partial charge in [-0.25, -0.2) is 4.98 Å². The molecule has 136 valence electrons. The highest BCUT2D eigenvalue weighted by Gasteiger charge is 2.40. The Bertz CT molecular complexity index is 651. The van der Waals surface area contributed by atoms with Crippen LogP contribution in [-0.2, 0) is 0 Å². The molecule has 2 rings (SSSR count). The van der Waals surface area contributed by atoms with Gasteiger partial charge < -0.3 is 10.1 Å². The minimum Gasteiger partial charge on any atom is -0.481 e. The molecular formula is C19H23F3N2O. The zero-order chi connectivity index (χ0) is 18.3. The summed E-state index contributed by atoms with van der Waals surface area (Å²) < 4.78 is 43.5. The van der Waals surface area contributed by atoms with Crippen LogP contribution in [0, 0.1) is 23.7 Å². The van der Waals surface area contributed by atoms with Crippen LogP contribution in [0.3, 0.4) is 0 Å². The Hall–Kier alpha value is -2.16. The number of hydrogen-bond acceptors (Lipinski definition) is 3. The van der Waals surface area contributed by atoms with Crippen molar-refractivity contribution in [2.24, 2.45) is 11.8 Å². The van der Waals surface area contributed by atoms with Crippen LogP contribution in [0.2, 0.25) is 0 Å². The van der Waals surface area contributed by atoms with E-state index in [1.807, 2.05) is 18.2 Å². The zero-order valence-electron chi connectivity index (χ0n) is 14.5. The molecule has 25 heavy (non-hydrogen) atoms. The van der Waals surface area contributed by atoms with Crippen LogP contribution >= 0.6 is 0 Å². The van der Waals surface area contributed by atoms with Crippen molar-refractivity contribution in [1.82, 2.24) is 4.98 Å². The molecule has 0 unspecified atom stereocenters. The highest BCUT2D eigenvalue weighted by Crippen LogP contribution is 2.40. The van der Waals surface area contributed by atoms with Gasteiger partial charge in [-0.15, -0.1) is 5.92 Å². The molecule has 0 aromatic carbocycles. The molecule has 1 aromatic rings. The average molecular weight is 352 g/mol. The molecule has 1 fully saturated rings. The number of alkyl halides is 3. The van der Waals surface area contributed by atoms with Gasteiger partial charge in [-0.1, -0.05) is 18.1 Å². The third kappa shape index (κ3) is 5.70. The van der Waals surface area contributed by atoms with Gasteiger partial charge in [-0.3, -0.25) is 0 Å². The van der Waals surface area contributed by atoms with Crippen molar-refractivity contribution in [3.8, 4) is 17.7 Å². The number of ether oxygens (including phenoxy) is 1. The molecule has 0 aliphatic heterocycles. The summed E-state index contributed by atoms with van der Waals surface area (Å²) in [5, 5.41) is 3.15. The quantitative estimate of drug-likeness (QED) is 0.765. The first kappa shape index (κ1) is 19.2. The van der Waals surface area contributed by atoms with E-state index in [1.165, 1.54) is 0 Å². The number of methoxy groups -OCH3 is 1. The molecule has 0 atom stereocenters. The summed E-state index contributed by atoms with van der Waals surface area (Å²) >= 11 is 0. The third-order valence-corrected chi connectivity index (χ3v) is 4.41. The van der Waals surface area contributed by atoms with E-state index >= 15 is 0 Å². The molecule has 6 heteroatoms. The van der Waals surface area contributed by atoms with Gasteiger partial charge in [0, 0.05) is 5.56 Å². The molecular weight excluding hydrogens is 329 g/mol. The number of aromatic nitrogens is 1. The number of pyridine rings is 1. The highest BCUT2D eigenvalue weighted by atomic mass is 19.4. The summed E-state index contributed by atoms with van der Waals surface area (Å²) in [6.45, 7) is 2.30. The van der Waals surface area contributed by atoms with Crippen LogP contribution < -0.4 is 10.1 Å². The maximum Gasteiger partial charge on any atom is 0.391 e. The first-order valence-electron chi connectivity index (χ1n) is 8.36. The van der Waals surface area contributed by atoms with E-state index in [4.69, 9.17) is 4.74 Å². The lowest BCUT2D eigenvalue weighted by Gasteiger charge is -2.28. The molecule has 0 spiro atoms. The molecule has 1 aliphatic carbocycles. The van der Waals surface area contributed by atoms with Crippen molar-refractivity contribution in [3.05, 3.63) is 23.9 Å². The summed E-state index contributed by atoms with van der Waals surface area (Å²) in [6.07, 6.45) is 2.98. The molecule has 1 N–H and O–H groups in total. The molecule has 1 aliphatic rings. The van der Waals surface area contributed by atoms with Gasteiger partial charge in [0.1, 0.15) is 0 Å². The van der Waals surface area contributed by atoms with Gasteiger partial charge in [0.25, 0.3) is 0 Å². The van der Waals surface area contributed by atoms with Gasteiger partial charge >= 0.3 is 6.18 Å². The minimum absolute atomic E-state index is 0.158. The van der Waals surface area contributed by atoms with Gasteiger partial charge in [0.05, 0.1) is 31.5 Å². The Balaban J connectivity index is 2.01. The monoisotopic (exact) mass is 352 g/mol. The van der Waals surface area contributed by atoms with E-state index in [2.05, 4.69) is 22.1 Å². The van der Waals surface area contributed by atoms with Gasteiger partial charge in [-0.05, 0) is 44.6 Å². The van der Waals surface area contributed by atoms with E-state index in [0.717, 1.165) is 11.3 Å². The fourth-order valence-corrected chi connectivity index (χ4v) is 2.97. The molecule has 1 aromatic heterocycles. The minimum atomic E-state index is -4.07. The van der Waals surface area contributed by atoms with Crippen molar-refractivity contribution < 1.29 is 17.9 Å². The molecule has 1 heterocycles. The van der Waals surface area contributed by atoms with Crippen molar-refractivity contribution >= 4 is 11.8 Å². The number of rotatable bonds is 5. The first-order chi connectivity index (χ1) is 11.9.